The van der Waals surface area contributed by atoms with Crippen LogP contribution in [0.3, 0.4) is 0 Å². The van der Waals surface area contributed by atoms with Gasteiger partial charge in [0.2, 0.25) is 11.8 Å². The first kappa shape index (κ1) is 17.3. The van der Waals surface area contributed by atoms with Crippen molar-refractivity contribution in [3.05, 3.63) is 30.0 Å². The second kappa shape index (κ2) is 6.88. The standard InChI is InChI=1S/C20H21N5O2/c1-12-10-14(6-9-25(12)18(26)4-7-21)16-11-17(24-20(27)13-2-3-13)23-19-15(16)5-8-22-19/h5,8,10-13H,2-4,6,9H2,1H3,(H2,22,23,24,27). The van der Waals surface area contributed by atoms with E-state index in [0.29, 0.717) is 18.8 Å². The van der Waals surface area contributed by atoms with Crippen molar-refractivity contribution in [2.45, 2.75) is 38.6 Å². The minimum Gasteiger partial charge on any atom is -0.346 e. The van der Waals surface area contributed by atoms with Crippen LogP contribution in [0.25, 0.3) is 16.6 Å². The molecule has 0 aromatic carbocycles. The number of carbonyl (C=O) groups is 2. The van der Waals surface area contributed by atoms with E-state index in [2.05, 4.69) is 21.4 Å². The number of pyridine rings is 1. The lowest BCUT2D eigenvalue weighted by Crippen LogP contribution is -2.40. The summed E-state index contributed by atoms with van der Waals surface area (Å²) in [6.45, 7) is 2.53. The molecule has 1 aliphatic carbocycles. The summed E-state index contributed by atoms with van der Waals surface area (Å²) < 4.78 is 0. The van der Waals surface area contributed by atoms with E-state index in [1.54, 1.807) is 4.90 Å². The Morgan fingerprint density at radius 2 is 2.26 bits per heavy atom. The van der Waals surface area contributed by atoms with Gasteiger partial charge in [0.15, 0.2) is 0 Å². The lowest BCUT2D eigenvalue weighted by molar-refractivity contribution is -0.131. The number of carbonyl (C=O) groups excluding carboxylic acids is 2. The fourth-order valence-corrected chi connectivity index (χ4v) is 3.60. The molecule has 7 nitrogen and oxygen atoms in total. The van der Waals surface area contributed by atoms with Crippen LogP contribution in [0, 0.1) is 17.2 Å². The summed E-state index contributed by atoms with van der Waals surface area (Å²) in [5.41, 5.74) is 2.87. The Balaban J connectivity index is 1.65. The molecule has 1 atom stereocenters. The van der Waals surface area contributed by atoms with E-state index in [9.17, 15) is 9.59 Å². The highest BCUT2D eigenvalue weighted by atomic mass is 16.2. The highest BCUT2D eigenvalue weighted by Crippen LogP contribution is 2.33. The van der Waals surface area contributed by atoms with Gasteiger partial charge in [-0.3, -0.25) is 9.59 Å². The molecular weight excluding hydrogens is 342 g/mol. The van der Waals surface area contributed by atoms with Crippen LogP contribution in [-0.2, 0) is 9.59 Å². The van der Waals surface area contributed by atoms with Crippen LogP contribution in [0.15, 0.2) is 24.4 Å². The van der Waals surface area contributed by atoms with E-state index < -0.39 is 0 Å². The van der Waals surface area contributed by atoms with Gasteiger partial charge in [0.1, 0.15) is 17.9 Å². The van der Waals surface area contributed by atoms with Crippen molar-refractivity contribution in [2.75, 3.05) is 11.9 Å². The molecule has 2 aromatic rings. The summed E-state index contributed by atoms with van der Waals surface area (Å²) in [4.78, 5) is 33.6. The highest BCUT2D eigenvalue weighted by Gasteiger charge is 2.30. The lowest BCUT2D eigenvalue weighted by atomic mass is 9.94. The van der Waals surface area contributed by atoms with E-state index in [4.69, 9.17) is 5.26 Å². The molecule has 4 rings (SSSR count). The molecule has 1 saturated carbocycles. The zero-order valence-electron chi connectivity index (χ0n) is 15.2. The van der Waals surface area contributed by atoms with Crippen molar-refractivity contribution in [1.29, 1.82) is 5.26 Å². The topological polar surface area (TPSA) is 102 Å². The number of amides is 2. The Morgan fingerprint density at radius 3 is 2.96 bits per heavy atom. The number of aromatic amines is 1. The van der Waals surface area contributed by atoms with Crippen LogP contribution in [0.5, 0.6) is 0 Å². The second-order valence-electron chi connectivity index (χ2n) is 7.16. The largest absolute Gasteiger partial charge is 0.346 e. The number of H-pyrrole nitrogens is 1. The quantitative estimate of drug-likeness (QED) is 0.872. The first-order valence-electron chi connectivity index (χ1n) is 9.23. The molecule has 2 amide bonds. The molecule has 0 saturated heterocycles. The van der Waals surface area contributed by atoms with E-state index in [1.165, 1.54) is 0 Å². The maximum Gasteiger partial charge on any atom is 0.237 e. The normalized spacial score (nSPS) is 19.5. The van der Waals surface area contributed by atoms with Gasteiger partial charge in [-0.15, -0.1) is 0 Å². The maximum absolute atomic E-state index is 12.1. The first-order valence-corrected chi connectivity index (χ1v) is 9.23. The summed E-state index contributed by atoms with van der Waals surface area (Å²) >= 11 is 0. The van der Waals surface area contributed by atoms with Crippen LogP contribution in [0.1, 0.15) is 38.2 Å². The fourth-order valence-electron chi connectivity index (χ4n) is 3.60. The molecule has 27 heavy (non-hydrogen) atoms. The van der Waals surface area contributed by atoms with Crippen molar-refractivity contribution in [3.8, 4) is 6.07 Å². The maximum atomic E-state index is 12.1. The SMILES string of the molecule is CC1C=C(c2cc(NC(=O)C3CC3)nc3[nH]ccc23)CCN1C(=O)CC#N. The molecule has 0 bridgehead atoms. The van der Waals surface area contributed by atoms with Crippen LogP contribution < -0.4 is 5.32 Å². The van der Waals surface area contributed by atoms with Crippen molar-refractivity contribution in [1.82, 2.24) is 14.9 Å². The van der Waals surface area contributed by atoms with Crippen LogP contribution >= 0.6 is 0 Å². The van der Waals surface area contributed by atoms with Crippen LogP contribution in [0.2, 0.25) is 0 Å². The van der Waals surface area contributed by atoms with E-state index in [0.717, 1.165) is 35.0 Å². The molecule has 3 heterocycles. The lowest BCUT2D eigenvalue weighted by Gasteiger charge is -2.32. The van der Waals surface area contributed by atoms with Gasteiger partial charge in [0.25, 0.3) is 0 Å². The Labute approximate surface area is 157 Å². The first-order chi connectivity index (χ1) is 13.1. The number of fused-ring (bicyclic) bond motifs is 1. The van der Waals surface area contributed by atoms with Crippen molar-refractivity contribution >= 4 is 34.2 Å². The van der Waals surface area contributed by atoms with Crippen molar-refractivity contribution in [3.63, 3.8) is 0 Å². The number of aromatic nitrogens is 2. The van der Waals surface area contributed by atoms with Crippen molar-refractivity contribution < 1.29 is 9.59 Å². The van der Waals surface area contributed by atoms with Gasteiger partial charge in [0, 0.05) is 30.1 Å². The molecular formula is C20H21N5O2. The second-order valence-corrected chi connectivity index (χ2v) is 7.16. The number of nitriles is 1. The van der Waals surface area contributed by atoms with Crippen molar-refractivity contribution in [2.24, 2.45) is 5.92 Å². The molecule has 0 spiro atoms. The summed E-state index contributed by atoms with van der Waals surface area (Å²) in [5.74, 6) is 0.550. The molecule has 7 heteroatoms. The van der Waals surface area contributed by atoms with Crippen LogP contribution in [-0.4, -0.2) is 39.3 Å². The predicted molar refractivity (Wildman–Crippen MR) is 101 cm³/mol. The molecule has 0 radical (unpaired) electrons. The third-order valence-corrected chi connectivity index (χ3v) is 5.18. The smallest absolute Gasteiger partial charge is 0.237 e. The monoisotopic (exact) mass is 363 g/mol. The Kier molecular flexibility index (Phi) is 4.40. The number of anilines is 1. The third-order valence-electron chi connectivity index (χ3n) is 5.18. The molecule has 1 unspecified atom stereocenters. The molecule has 138 valence electrons. The molecule has 1 aliphatic heterocycles. The van der Waals surface area contributed by atoms with Gasteiger partial charge in [-0.05, 0) is 49.5 Å². The summed E-state index contributed by atoms with van der Waals surface area (Å²) in [7, 11) is 0. The predicted octanol–water partition coefficient (Wildman–Crippen LogP) is 2.83. The van der Waals surface area contributed by atoms with Crippen LogP contribution in [0.4, 0.5) is 5.82 Å². The van der Waals surface area contributed by atoms with Gasteiger partial charge in [-0.2, -0.15) is 5.26 Å². The zero-order chi connectivity index (χ0) is 19.0. The third kappa shape index (κ3) is 3.43. The minimum absolute atomic E-state index is 0.0265. The fraction of sp³-hybridized carbons (Fsp3) is 0.400. The summed E-state index contributed by atoms with van der Waals surface area (Å²) in [5, 5.41) is 12.7. The summed E-state index contributed by atoms with van der Waals surface area (Å²) in [6.07, 6.45) is 6.39. The molecule has 2 aromatic heterocycles. The van der Waals surface area contributed by atoms with E-state index in [-0.39, 0.29) is 30.2 Å². The van der Waals surface area contributed by atoms with Gasteiger partial charge in [-0.1, -0.05) is 6.08 Å². The Bertz CT molecular complexity index is 980. The van der Waals surface area contributed by atoms with E-state index >= 15 is 0 Å². The number of rotatable bonds is 4. The molecule has 2 N–H and O–H groups in total. The van der Waals surface area contributed by atoms with Gasteiger partial charge in [0.05, 0.1) is 6.07 Å². The zero-order valence-corrected chi connectivity index (χ0v) is 15.2. The number of nitrogens with one attached hydrogen (secondary N) is 2. The minimum atomic E-state index is -0.140. The molecule has 1 fully saturated rings. The van der Waals surface area contributed by atoms with Gasteiger partial charge in [-0.25, -0.2) is 4.98 Å². The van der Waals surface area contributed by atoms with E-state index in [1.807, 2.05) is 31.3 Å². The average Bonchev–Trinajstić information content (AvgIpc) is 3.39. The highest BCUT2D eigenvalue weighted by molar-refractivity contribution is 5.97. The Hall–Kier alpha value is -3.14. The van der Waals surface area contributed by atoms with Gasteiger partial charge >= 0.3 is 0 Å². The summed E-state index contributed by atoms with van der Waals surface area (Å²) in [6, 6.07) is 5.74. The average molecular weight is 363 g/mol. The number of hydrogen-bond acceptors (Lipinski definition) is 4. The molecule has 2 aliphatic rings. The number of nitrogens with zero attached hydrogens (tertiary/aromatic N) is 3. The Morgan fingerprint density at radius 1 is 1.44 bits per heavy atom. The van der Waals surface area contributed by atoms with Gasteiger partial charge < -0.3 is 15.2 Å². The number of hydrogen-bond donors (Lipinski definition) is 2.